The lowest BCUT2D eigenvalue weighted by Crippen LogP contribution is -2.35. The van der Waals surface area contributed by atoms with E-state index in [0.717, 1.165) is 19.3 Å². The van der Waals surface area contributed by atoms with Crippen LogP contribution in [0, 0.1) is 0 Å². The second-order valence-electron chi connectivity index (χ2n) is 7.85. The number of anilines is 2. The van der Waals surface area contributed by atoms with Gasteiger partial charge in [0, 0.05) is 45.8 Å². The molecule has 168 valence electrons. The van der Waals surface area contributed by atoms with Crippen molar-refractivity contribution >= 4 is 27.3 Å². The number of hydrogen-bond donors (Lipinski definition) is 1. The molecule has 0 atom stereocenters. The lowest BCUT2D eigenvalue weighted by molar-refractivity contribution is 0.102. The van der Waals surface area contributed by atoms with Crippen molar-refractivity contribution in [2.75, 3.05) is 37.4 Å². The number of aromatic nitrogens is 3. The van der Waals surface area contributed by atoms with E-state index in [1.807, 2.05) is 19.0 Å². The van der Waals surface area contributed by atoms with Gasteiger partial charge in [-0.1, -0.05) is 6.42 Å². The number of carbonyl (C=O) groups is 1. The molecule has 1 saturated heterocycles. The van der Waals surface area contributed by atoms with E-state index >= 15 is 0 Å². The Bertz CT molecular complexity index is 1180. The van der Waals surface area contributed by atoms with Gasteiger partial charge >= 0.3 is 0 Å². The van der Waals surface area contributed by atoms with Gasteiger partial charge in [0.1, 0.15) is 0 Å². The highest BCUT2D eigenvalue weighted by Crippen LogP contribution is 2.30. The predicted molar refractivity (Wildman–Crippen MR) is 123 cm³/mol. The highest BCUT2D eigenvalue weighted by molar-refractivity contribution is 7.89. The number of hydrogen-bond acceptors (Lipinski definition) is 6. The third-order valence-corrected chi connectivity index (χ3v) is 7.29. The molecule has 32 heavy (non-hydrogen) atoms. The van der Waals surface area contributed by atoms with Gasteiger partial charge in [0.15, 0.2) is 5.82 Å². The fourth-order valence-electron chi connectivity index (χ4n) is 3.67. The second-order valence-corrected chi connectivity index (χ2v) is 9.79. The van der Waals surface area contributed by atoms with Crippen molar-refractivity contribution in [3.63, 3.8) is 0 Å². The van der Waals surface area contributed by atoms with E-state index in [2.05, 4.69) is 15.4 Å². The number of amides is 1. The van der Waals surface area contributed by atoms with Gasteiger partial charge in [-0.25, -0.2) is 18.1 Å². The maximum absolute atomic E-state index is 13.1. The van der Waals surface area contributed by atoms with Crippen molar-refractivity contribution in [2.24, 2.45) is 0 Å². The average Bonchev–Trinajstić information content (AvgIpc) is 3.34. The summed E-state index contributed by atoms with van der Waals surface area (Å²) < 4.78 is 29.3. The molecule has 4 rings (SSSR count). The molecular weight excluding hydrogens is 428 g/mol. The van der Waals surface area contributed by atoms with Gasteiger partial charge in [-0.15, -0.1) is 0 Å². The molecule has 3 heterocycles. The first-order chi connectivity index (χ1) is 15.4. The summed E-state index contributed by atoms with van der Waals surface area (Å²) in [5, 5.41) is 6.97. The van der Waals surface area contributed by atoms with E-state index in [9.17, 15) is 13.2 Å². The summed E-state index contributed by atoms with van der Waals surface area (Å²) in [7, 11) is 0.0584. The van der Waals surface area contributed by atoms with Gasteiger partial charge in [0.2, 0.25) is 10.0 Å². The summed E-state index contributed by atoms with van der Waals surface area (Å²) in [6.45, 7) is 1.04. The van der Waals surface area contributed by atoms with Crippen molar-refractivity contribution in [3.05, 3.63) is 60.6 Å². The van der Waals surface area contributed by atoms with Crippen LogP contribution in [0.1, 0.15) is 29.6 Å². The molecule has 1 amide bonds. The molecule has 1 N–H and O–H groups in total. The summed E-state index contributed by atoms with van der Waals surface area (Å²) in [6.07, 6.45) is 7.64. The van der Waals surface area contributed by atoms with E-state index in [-0.39, 0.29) is 10.8 Å². The number of carbonyl (C=O) groups excluding carboxylic acids is 1. The zero-order valence-corrected chi connectivity index (χ0v) is 18.9. The van der Waals surface area contributed by atoms with Crippen molar-refractivity contribution in [1.82, 2.24) is 19.1 Å². The Hall–Kier alpha value is -3.24. The summed E-state index contributed by atoms with van der Waals surface area (Å²) >= 11 is 0. The van der Waals surface area contributed by atoms with E-state index < -0.39 is 10.0 Å². The third kappa shape index (κ3) is 4.51. The SMILES string of the molecule is CN(C)c1ccc(S(=O)(=O)N2CCCCC2)cc1NC(=O)c1ccc(-n2cccn2)nc1. The molecule has 0 saturated carbocycles. The zero-order valence-electron chi connectivity index (χ0n) is 18.1. The van der Waals surface area contributed by atoms with Crippen LogP contribution in [-0.2, 0) is 10.0 Å². The molecule has 10 heteroatoms. The van der Waals surface area contributed by atoms with Crippen LogP contribution >= 0.6 is 0 Å². The molecule has 0 bridgehead atoms. The van der Waals surface area contributed by atoms with Crippen molar-refractivity contribution in [3.8, 4) is 5.82 Å². The van der Waals surface area contributed by atoms with Gasteiger partial charge in [-0.3, -0.25) is 4.79 Å². The Morgan fingerprint density at radius 2 is 1.88 bits per heavy atom. The molecule has 1 aliphatic rings. The maximum Gasteiger partial charge on any atom is 0.257 e. The number of benzene rings is 1. The fourth-order valence-corrected chi connectivity index (χ4v) is 5.22. The average molecular weight is 455 g/mol. The Balaban J connectivity index is 1.60. The Kier molecular flexibility index (Phi) is 6.24. The molecule has 1 aliphatic heterocycles. The summed E-state index contributed by atoms with van der Waals surface area (Å²) in [5.74, 6) is 0.218. The highest BCUT2D eigenvalue weighted by Gasteiger charge is 2.27. The topological polar surface area (TPSA) is 100 Å². The number of rotatable bonds is 6. The number of nitrogens with zero attached hydrogens (tertiary/aromatic N) is 5. The zero-order chi connectivity index (χ0) is 22.7. The molecule has 2 aromatic heterocycles. The van der Waals surface area contributed by atoms with Gasteiger partial charge in [0.05, 0.1) is 21.8 Å². The normalized spacial score (nSPS) is 14.8. The van der Waals surface area contributed by atoms with Crippen LogP contribution in [0.4, 0.5) is 11.4 Å². The predicted octanol–water partition coefficient (Wildman–Crippen LogP) is 2.76. The summed E-state index contributed by atoms with van der Waals surface area (Å²) in [5.41, 5.74) is 1.49. The standard InChI is InChI=1S/C22H26N6O3S/c1-26(2)20-9-8-18(32(30,31)27-12-4-3-5-13-27)15-19(20)25-22(29)17-7-10-21(23-16-17)28-14-6-11-24-28/h6-11,14-16H,3-5,12-13H2,1-2H3,(H,25,29). The van der Waals surface area contributed by atoms with Crippen LogP contribution in [0.2, 0.25) is 0 Å². The van der Waals surface area contributed by atoms with Gasteiger partial charge in [-0.05, 0) is 49.2 Å². The summed E-state index contributed by atoms with van der Waals surface area (Å²) in [4.78, 5) is 19.2. The molecule has 0 radical (unpaired) electrons. The minimum atomic E-state index is -3.62. The van der Waals surface area contributed by atoms with Crippen molar-refractivity contribution in [2.45, 2.75) is 24.2 Å². The first kappa shape index (κ1) is 22.0. The van der Waals surface area contributed by atoms with Crippen LogP contribution in [0.5, 0.6) is 0 Å². The Morgan fingerprint density at radius 3 is 2.50 bits per heavy atom. The van der Waals surface area contributed by atoms with E-state index in [4.69, 9.17) is 0 Å². The Labute approximate surface area is 187 Å². The van der Waals surface area contributed by atoms with Gasteiger partial charge < -0.3 is 10.2 Å². The number of sulfonamides is 1. The van der Waals surface area contributed by atoms with E-state index in [0.29, 0.717) is 35.8 Å². The lowest BCUT2D eigenvalue weighted by atomic mass is 10.2. The Morgan fingerprint density at radius 1 is 1.09 bits per heavy atom. The monoisotopic (exact) mass is 454 g/mol. The smallest absolute Gasteiger partial charge is 0.257 e. The molecule has 9 nitrogen and oxygen atoms in total. The van der Waals surface area contributed by atoms with Crippen LogP contribution in [0.25, 0.3) is 5.82 Å². The molecule has 3 aromatic rings. The minimum Gasteiger partial charge on any atom is -0.376 e. The third-order valence-electron chi connectivity index (χ3n) is 5.40. The minimum absolute atomic E-state index is 0.174. The van der Waals surface area contributed by atoms with Crippen LogP contribution < -0.4 is 10.2 Å². The molecule has 0 aliphatic carbocycles. The largest absolute Gasteiger partial charge is 0.376 e. The van der Waals surface area contributed by atoms with Crippen LogP contribution in [-0.4, -0.2) is 60.6 Å². The second kappa shape index (κ2) is 9.09. The maximum atomic E-state index is 13.1. The number of pyridine rings is 1. The first-order valence-corrected chi connectivity index (χ1v) is 11.9. The van der Waals surface area contributed by atoms with E-state index in [1.165, 1.54) is 16.6 Å². The quantitative estimate of drug-likeness (QED) is 0.615. The van der Waals surface area contributed by atoms with Crippen molar-refractivity contribution in [1.29, 1.82) is 0 Å². The van der Waals surface area contributed by atoms with Crippen LogP contribution in [0.3, 0.4) is 0 Å². The van der Waals surface area contributed by atoms with Gasteiger partial charge in [-0.2, -0.15) is 9.40 Å². The molecule has 1 fully saturated rings. The van der Waals surface area contributed by atoms with E-state index in [1.54, 1.807) is 47.4 Å². The number of piperidine rings is 1. The summed E-state index contributed by atoms with van der Waals surface area (Å²) in [6, 6.07) is 9.98. The molecule has 0 unspecified atom stereocenters. The first-order valence-electron chi connectivity index (χ1n) is 10.5. The molecule has 0 spiro atoms. The fraction of sp³-hybridized carbons (Fsp3) is 0.318. The van der Waals surface area contributed by atoms with Gasteiger partial charge in [0.25, 0.3) is 5.91 Å². The number of nitrogens with one attached hydrogen (secondary N) is 1. The molecular formula is C22H26N6O3S. The van der Waals surface area contributed by atoms with Crippen molar-refractivity contribution < 1.29 is 13.2 Å². The lowest BCUT2D eigenvalue weighted by Gasteiger charge is -2.26. The van der Waals surface area contributed by atoms with Crippen LogP contribution in [0.15, 0.2) is 59.9 Å². The highest BCUT2D eigenvalue weighted by atomic mass is 32.2. The molecule has 1 aromatic carbocycles.